The summed E-state index contributed by atoms with van der Waals surface area (Å²) in [5, 5.41) is 5.38. The SMILES string of the molecule is COP(=O)(OC(C)c1ccc(C(=O)Nc2cc(-c3cccs3)ccc2N)cc1)c1ccccc1. The Kier molecular flexibility index (Phi) is 7.29. The average molecular weight is 493 g/mol. The third-order valence-electron chi connectivity index (χ3n) is 5.36. The van der Waals surface area contributed by atoms with Crippen molar-refractivity contribution < 1.29 is 18.4 Å². The van der Waals surface area contributed by atoms with Crippen LogP contribution in [0.3, 0.4) is 0 Å². The number of thiophene rings is 1. The molecule has 0 bridgehead atoms. The number of nitrogens with one attached hydrogen (secondary N) is 1. The summed E-state index contributed by atoms with van der Waals surface area (Å²) in [7, 11) is -2.11. The molecule has 1 amide bonds. The normalized spacial score (nSPS) is 13.7. The van der Waals surface area contributed by atoms with E-state index in [1.165, 1.54) is 7.11 Å². The van der Waals surface area contributed by atoms with Gasteiger partial charge in [0.25, 0.3) is 5.91 Å². The summed E-state index contributed by atoms with van der Waals surface area (Å²) in [6, 6.07) is 25.4. The lowest BCUT2D eigenvalue weighted by atomic mass is 10.1. The molecule has 4 aromatic rings. The maximum atomic E-state index is 13.2. The second-order valence-electron chi connectivity index (χ2n) is 7.62. The van der Waals surface area contributed by atoms with Crippen molar-refractivity contribution in [3.63, 3.8) is 0 Å². The molecule has 3 aromatic carbocycles. The van der Waals surface area contributed by atoms with Crippen LogP contribution in [0.2, 0.25) is 0 Å². The molecule has 0 spiro atoms. The van der Waals surface area contributed by atoms with Crippen molar-refractivity contribution in [2.24, 2.45) is 0 Å². The minimum absolute atomic E-state index is 0.276. The first-order valence-corrected chi connectivity index (χ1v) is 13.1. The molecular formula is C26H25N2O4PS. The van der Waals surface area contributed by atoms with E-state index in [-0.39, 0.29) is 5.91 Å². The maximum Gasteiger partial charge on any atom is 0.361 e. The molecule has 0 saturated heterocycles. The second-order valence-corrected chi connectivity index (χ2v) is 10.7. The van der Waals surface area contributed by atoms with Gasteiger partial charge in [0, 0.05) is 17.6 Å². The van der Waals surface area contributed by atoms with Crippen LogP contribution in [-0.4, -0.2) is 13.0 Å². The molecule has 6 nitrogen and oxygen atoms in total. The number of hydrogen-bond donors (Lipinski definition) is 2. The first kappa shape index (κ1) is 23.9. The highest BCUT2D eigenvalue weighted by Gasteiger charge is 2.29. The molecule has 34 heavy (non-hydrogen) atoms. The molecule has 0 aliphatic carbocycles. The molecule has 2 atom stereocenters. The molecule has 4 rings (SSSR count). The largest absolute Gasteiger partial charge is 0.397 e. The van der Waals surface area contributed by atoms with Crippen molar-refractivity contribution in [2.75, 3.05) is 18.2 Å². The highest BCUT2D eigenvalue weighted by molar-refractivity contribution is 7.62. The summed E-state index contributed by atoms with van der Waals surface area (Å²) >= 11 is 1.62. The summed E-state index contributed by atoms with van der Waals surface area (Å²) in [5.74, 6) is -0.276. The van der Waals surface area contributed by atoms with E-state index in [0.29, 0.717) is 22.2 Å². The molecule has 3 N–H and O–H groups in total. The van der Waals surface area contributed by atoms with Crippen LogP contribution < -0.4 is 16.4 Å². The zero-order chi connectivity index (χ0) is 24.1. The predicted octanol–water partition coefficient (Wildman–Crippen LogP) is 6.49. The number of hydrogen-bond acceptors (Lipinski definition) is 6. The minimum Gasteiger partial charge on any atom is -0.397 e. The van der Waals surface area contributed by atoms with E-state index in [2.05, 4.69) is 5.32 Å². The van der Waals surface area contributed by atoms with Crippen molar-refractivity contribution >= 4 is 41.5 Å². The highest BCUT2D eigenvalue weighted by atomic mass is 32.1. The number of anilines is 2. The lowest BCUT2D eigenvalue weighted by molar-refractivity contribution is 0.102. The van der Waals surface area contributed by atoms with Gasteiger partial charge in [0.1, 0.15) is 0 Å². The van der Waals surface area contributed by atoms with E-state index in [9.17, 15) is 9.36 Å². The van der Waals surface area contributed by atoms with Gasteiger partial charge in [-0.05, 0) is 65.9 Å². The van der Waals surface area contributed by atoms with Gasteiger partial charge in [-0.25, -0.2) is 0 Å². The first-order chi connectivity index (χ1) is 16.4. The second kappa shape index (κ2) is 10.4. The van der Waals surface area contributed by atoms with Gasteiger partial charge in [-0.1, -0.05) is 42.5 Å². The van der Waals surface area contributed by atoms with Crippen molar-refractivity contribution in [3.8, 4) is 10.4 Å². The Morgan fingerprint density at radius 1 is 1.00 bits per heavy atom. The average Bonchev–Trinajstić information content (AvgIpc) is 3.41. The summed E-state index contributed by atoms with van der Waals surface area (Å²) in [6.45, 7) is 1.79. The van der Waals surface area contributed by atoms with Crippen LogP contribution in [0.1, 0.15) is 28.9 Å². The molecule has 0 aliphatic heterocycles. The van der Waals surface area contributed by atoms with Crippen molar-refractivity contribution in [3.05, 3.63) is 101 Å². The predicted molar refractivity (Wildman–Crippen MR) is 139 cm³/mol. The summed E-state index contributed by atoms with van der Waals surface area (Å²) in [4.78, 5) is 13.9. The van der Waals surface area contributed by atoms with Crippen molar-refractivity contribution in [2.45, 2.75) is 13.0 Å². The molecule has 0 saturated carbocycles. The molecule has 174 valence electrons. The van der Waals surface area contributed by atoms with E-state index in [0.717, 1.165) is 16.0 Å². The van der Waals surface area contributed by atoms with E-state index in [1.807, 2.05) is 35.7 Å². The quantitative estimate of drug-likeness (QED) is 0.217. The zero-order valence-corrected chi connectivity index (χ0v) is 20.5. The van der Waals surface area contributed by atoms with E-state index in [4.69, 9.17) is 14.8 Å². The van der Waals surface area contributed by atoms with Gasteiger partial charge in [-0.15, -0.1) is 11.3 Å². The number of benzene rings is 3. The van der Waals surface area contributed by atoms with Gasteiger partial charge < -0.3 is 15.6 Å². The number of rotatable bonds is 8. The summed E-state index contributed by atoms with van der Waals surface area (Å²) in [5.41, 5.74) is 9.36. The topological polar surface area (TPSA) is 90.6 Å². The van der Waals surface area contributed by atoms with Crippen molar-refractivity contribution in [1.29, 1.82) is 0 Å². The Bertz CT molecular complexity index is 1310. The van der Waals surface area contributed by atoms with Crippen LogP contribution in [0.4, 0.5) is 11.4 Å². The zero-order valence-electron chi connectivity index (χ0n) is 18.8. The van der Waals surface area contributed by atoms with Crippen LogP contribution in [0, 0.1) is 0 Å². The Morgan fingerprint density at radius 3 is 2.38 bits per heavy atom. The van der Waals surface area contributed by atoms with Gasteiger partial charge in [0.15, 0.2) is 0 Å². The van der Waals surface area contributed by atoms with E-state index < -0.39 is 13.7 Å². The molecule has 1 aromatic heterocycles. The van der Waals surface area contributed by atoms with Gasteiger partial charge in [-0.2, -0.15) is 0 Å². The van der Waals surface area contributed by atoms with Gasteiger partial charge in [-0.3, -0.25) is 13.9 Å². The fourth-order valence-electron chi connectivity index (χ4n) is 3.45. The third-order valence-corrected chi connectivity index (χ3v) is 8.28. The molecule has 8 heteroatoms. The smallest absolute Gasteiger partial charge is 0.361 e. The third kappa shape index (κ3) is 5.29. The van der Waals surface area contributed by atoms with E-state index in [1.54, 1.807) is 72.9 Å². The molecule has 1 heterocycles. The van der Waals surface area contributed by atoms with Gasteiger partial charge >= 0.3 is 7.60 Å². The Morgan fingerprint density at radius 2 is 1.74 bits per heavy atom. The maximum absolute atomic E-state index is 13.2. The van der Waals surface area contributed by atoms with Crippen molar-refractivity contribution in [1.82, 2.24) is 0 Å². The number of carbonyl (C=O) groups excluding carboxylic acids is 1. The Hall–Kier alpha value is -3.22. The lowest BCUT2D eigenvalue weighted by Gasteiger charge is -2.21. The first-order valence-electron chi connectivity index (χ1n) is 10.6. The number of carbonyl (C=O) groups is 1. The summed E-state index contributed by atoms with van der Waals surface area (Å²) in [6.07, 6.45) is -0.513. The number of nitrogen functional groups attached to an aromatic ring is 1. The molecule has 0 aliphatic rings. The summed E-state index contributed by atoms with van der Waals surface area (Å²) < 4.78 is 24.3. The van der Waals surface area contributed by atoms with Crippen LogP contribution >= 0.6 is 18.9 Å². The fourth-order valence-corrected chi connectivity index (χ4v) is 5.67. The number of amides is 1. The van der Waals surface area contributed by atoms with Crippen LogP contribution in [0.15, 0.2) is 90.3 Å². The molecule has 0 radical (unpaired) electrons. The monoisotopic (exact) mass is 492 g/mol. The van der Waals surface area contributed by atoms with E-state index >= 15 is 0 Å². The highest BCUT2D eigenvalue weighted by Crippen LogP contribution is 2.50. The van der Waals surface area contributed by atoms with Gasteiger partial charge in [0.05, 0.1) is 22.8 Å². The minimum atomic E-state index is -3.47. The fraction of sp³-hybridized carbons (Fsp3) is 0.115. The lowest BCUT2D eigenvalue weighted by Crippen LogP contribution is -2.14. The standard InChI is InChI=1S/C26H25N2O4PS/c1-18(32-33(30,31-2)22-7-4-3-5-8-22)19-10-12-20(13-11-19)26(29)28-24-17-21(14-15-23(24)27)25-9-6-16-34-25/h3-18H,27H2,1-2H3,(H,28,29). The molecule has 0 fully saturated rings. The van der Waals surface area contributed by atoms with Crippen LogP contribution in [0.5, 0.6) is 0 Å². The number of nitrogens with two attached hydrogens (primary N) is 1. The van der Waals surface area contributed by atoms with Crippen LogP contribution in [-0.2, 0) is 13.6 Å². The Balaban J connectivity index is 1.47. The molecule has 2 unspecified atom stereocenters. The van der Waals surface area contributed by atoms with Crippen LogP contribution in [0.25, 0.3) is 10.4 Å². The Labute approximate surface area is 202 Å². The van der Waals surface area contributed by atoms with Gasteiger partial charge in [0.2, 0.25) is 0 Å². The molecular weight excluding hydrogens is 467 g/mol.